The number of nitrogens with zero attached hydrogens (tertiary/aromatic N) is 4. The van der Waals surface area contributed by atoms with Crippen LogP contribution in [-0.2, 0) is 16.6 Å². The molecule has 2 amide bonds. The number of anilines is 2. The van der Waals surface area contributed by atoms with Crippen LogP contribution in [0.3, 0.4) is 0 Å². The van der Waals surface area contributed by atoms with Crippen molar-refractivity contribution in [2.45, 2.75) is 45.6 Å². The van der Waals surface area contributed by atoms with Crippen LogP contribution in [0.4, 0.5) is 11.5 Å². The number of aromatic nitrogens is 3. The summed E-state index contributed by atoms with van der Waals surface area (Å²) in [7, 11) is 1.97. The average molecular weight is 511 g/mol. The van der Waals surface area contributed by atoms with E-state index in [2.05, 4.69) is 41.4 Å². The molecule has 1 fully saturated rings. The second-order valence-electron chi connectivity index (χ2n) is 10.4. The maximum absolute atomic E-state index is 13.3. The van der Waals surface area contributed by atoms with Crippen molar-refractivity contribution in [2.75, 3.05) is 17.6 Å². The zero-order valence-corrected chi connectivity index (χ0v) is 22.3. The maximum atomic E-state index is 13.3. The summed E-state index contributed by atoms with van der Waals surface area (Å²) in [6, 6.07) is 7.82. The molecule has 1 saturated heterocycles. The molecule has 8 heteroatoms. The number of allylic oxidation sites excluding steroid dienone is 2. The molecule has 3 N–H and O–H groups in total. The number of benzene rings is 1. The fraction of sp³-hybridized carbons (Fsp3) is 0.333. The molecule has 196 valence electrons. The van der Waals surface area contributed by atoms with Gasteiger partial charge in [-0.3, -0.25) is 9.59 Å². The molecule has 2 aliphatic rings. The van der Waals surface area contributed by atoms with E-state index in [0.717, 1.165) is 64.8 Å². The summed E-state index contributed by atoms with van der Waals surface area (Å²) in [6.45, 7) is 12.3. The second-order valence-corrected chi connectivity index (χ2v) is 10.4. The Morgan fingerprint density at radius 3 is 2.50 bits per heavy atom. The molecular weight excluding hydrogens is 476 g/mol. The monoisotopic (exact) mass is 510 g/mol. The predicted octanol–water partition coefficient (Wildman–Crippen LogP) is 5.09. The number of fused-ring (bicyclic) bond motifs is 1. The standard InChI is InChI=1S/C30H34N6O2/c1-17(2)29(37)34-23-12-10-21(11-13-23)26-24(25-27(31)32-16-33-28(25)35(26)5)20-6-8-22(9-7-20)30(38)36-15-14-18(3)19(36)4/h6,10-13,16,19,22H,1,3,7-9,14-15H2,2,4-5H3,(H,34,37)(H2,31,32,33)/t19-,22+/m1/s1. The van der Waals surface area contributed by atoms with Crippen LogP contribution in [0.15, 0.2) is 61.0 Å². The highest BCUT2D eigenvalue weighted by molar-refractivity contribution is 6.05. The first-order valence-corrected chi connectivity index (χ1v) is 13.0. The zero-order valence-electron chi connectivity index (χ0n) is 22.3. The van der Waals surface area contributed by atoms with Crippen molar-refractivity contribution in [1.82, 2.24) is 19.4 Å². The number of hydrogen-bond acceptors (Lipinski definition) is 5. The van der Waals surface area contributed by atoms with Crippen molar-refractivity contribution in [3.8, 4) is 11.3 Å². The van der Waals surface area contributed by atoms with Gasteiger partial charge < -0.3 is 20.5 Å². The van der Waals surface area contributed by atoms with Crippen LogP contribution in [0.1, 0.15) is 45.1 Å². The SMILES string of the molecule is C=C(C)C(=O)Nc1ccc(-c2c(C3=CC[C@H](C(=O)N4CCC(=C)[C@H]4C)CC3)c3c(N)ncnc3n2C)cc1. The van der Waals surface area contributed by atoms with E-state index in [1.54, 1.807) is 6.92 Å². The molecule has 2 aromatic heterocycles. The summed E-state index contributed by atoms with van der Waals surface area (Å²) < 4.78 is 2.04. The van der Waals surface area contributed by atoms with E-state index in [-0.39, 0.29) is 23.8 Å². The van der Waals surface area contributed by atoms with E-state index in [1.807, 2.05) is 40.8 Å². The summed E-state index contributed by atoms with van der Waals surface area (Å²) in [4.78, 5) is 36.1. The highest BCUT2D eigenvalue weighted by Crippen LogP contribution is 2.43. The molecule has 3 aromatic rings. The molecule has 0 spiro atoms. The maximum Gasteiger partial charge on any atom is 0.250 e. The van der Waals surface area contributed by atoms with Crippen LogP contribution in [-0.4, -0.2) is 43.8 Å². The summed E-state index contributed by atoms with van der Waals surface area (Å²) in [5, 5.41) is 3.68. The number of amides is 2. The van der Waals surface area contributed by atoms with Gasteiger partial charge in [-0.05, 0) is 62.8 Å². The third kappa shape index (κ3) is 4.40. The molecule has 38 heavy (non-hydrogen) atoms. The number of aryl methyl sites for hydroxylation is 1. The molecule has 2 atom stereocenters. The Morgan fingerprint density at radius 1 is 1.16 bits per heavy atom. The minimum atomic E-state index is -0.213. The second kappa shape index (κ2) is 9.93. The number of hydrogen-bond donors (Lipinski definition) is 2. The van der Waals surface area contributed by atoms with Gasteiger partial charge in [0.1, 0.15) is 17.8 Å². The van der Waals surface area contributed by atoms with Crippen LogP contribution in [0, 0.1) is 5.92 Å². The molecule has 0 unspecified atom stereocenters. The molecule has 0 bridgehead atoms. The Labute approximate surface area is 222 Å². The number of nitrogens with two attached hydrogens (primary N) is 1. The molecule has 0 radical (unpaired) electrons. The molecule has 3 heterocycles. The lowest BCUT2D eigenvalue weighted by atomic mass is 9.84. The van der Waals surface area contributed by atoms with E-state index in [0.29, 0.717) is 23.5 Å². The van der Waals surface area contributed by atoms with E-state index >= 15 is 0 Å². The minimum Gasteiger partial charge on any atom is -0.383 e. The van der Waals surface area contributed by atoms with Crippen molar-refractivity contribution in [3.05, 3.63) is 66.5 Å². The van der Waals surface area contributed by atoms with Crippen LogP contribution in [0.5, 0.6) is 0 Å². The molecule has 5 rings (SSSR count). The molecule has 8 nitrogen and oxygen atoms in total. The van der Waals surface area contributed by atoms with Gasteiger partial charge in [-0.1, -0.05) is 36.9 Å². The zero-order chi connectivity index (χ0) is 27.1. The molecular formula is C30H34N6O2. The first kappa shape index (κ1) is 25.4. The van der Waals surface area contributed by atoms with E-state index < -0.39 is 0 Å². The topological polar surface area (TPSA) is 106 Å². The summed E-state index contributed by atoms with van der Waals surface area (Å²) in [5.41, 5.74) is 13.5. The van der Waals surface area contributed by atoms with Gasteiger partial charge in [0.25, 0.3) is 5.91 Å². The smallest absolute Gasteiger partial charge is 0.250 e. The van der Waals surface area contributed by atoms with Crippen LogP contribution >= 0.6 is 0 Å². The van der Waals surface area contributed by atoms with Crippen molar-refractivity contribution in [1.29, 1.82) is 0 Å². The Hall–Kier alpha value is -4.20. The highest BCUT2D eigenvalue weighted by atomic mass is 16.2. The van der Waals surface area contributed by atoms with E-state index in [1.165, 1.54) is 6.33 Å². The summed E-state index contributed by atoms with van der Waals surface area (Å²) >= 11 is 0. The van der Waals surface area contributed by atoms with Crippen molar-refractivity contribution < 1.29 is 9.59 Å². The number of rotatable bonds is 5. The third-order valence-corrected chi connectivity index (χ3v) is 7.90. The number of carbonyl (C=O) groups excluding carboxylic acids is 2. The summed E-state index contributed by atoms with van der Waals surface area (Å²) in [6.07, 6.45) is 6.76. The Kier molecular flexibility index (Phi) is 6.65. The lowest BCUT2D eigenvalue weighted by molar-refractivity contribution is -0.136. The van der Waals surface area contributed by atoms with Gasteiger partial charge in [0.05, 0.1) is 11.1 Å². The number of nitrogen functional groups attached to an aromatic ring is 1. The van der Waals surface area contributed by atoms with Crippen molar-refractivity contribution in [3.63, 3.8) is 0 Å². The number of likely N-dealkylation sites (tertiary alicyclic amines) is 1. The normalized spacial score (nSPS) is 19.5. The Balaban J connectivity index is 1.51. The van der Waals surface area contributed by atoms with Gasteiger partial charge in [0.2, 0.25) is 5.91 Å². The summed E-state index contributed by atoms with van der Waals surface area (Å²) in [5.74, 6) is 0.408. The Morgan fingerprint density at radius 2 is 1.89 bits per heavy atom. The van der Waals surface area contributed by atoms with Gasteiger partial charge in [-0.25, -0.2) is 9.97 Å². The van der Waals surface area contributed by atoms with Gasteiger partial charge in [0.15, 0.2) is 0 Å². The lowest BCUT2D eigenvalue weighted by Gasteiger charge is -2.29. The van der Waals surface area contributed by atoms with E-state index in [9.17, 15) is 9.59 Å². The average Bonchev–Trinajstić information content (AvgIpc) is 3.41. The van der Waals surface area contributed by atoms with Crippen LogP contribution in [0.2, 0.25) is 0 Å². The minimum absolute atomic E-state index is 0.0321. The van der Waals surface area contributed by atoms with Crippen molar-refractivity contribution >= 4 is 39.9 Å². The van der Waals surface area contributed by atoms with Gasteiger partial charge in [-0.2, -0.15) is 0 Å². The predicted molar refractivity (Wildman–Crippen MR) is 152 cm³/mol. The largest absolute Gasteiger partial charge is 0.383 e. The van der Waals surface area contributed by atoms with E-state index in [4.69, 9.17) is 5.73 Å². The van der Waals surface area contributed by atoms with Crippen LogP contribution in [0.25, 0.3) is 27.9 Å². The molecule has 1 aliphatic carbocycles. The molecule has 1 aromatic carbocycles. The van der Waals surface area contributed by atoms with Gasteiger partial charge in [-0.15, -0.1) is 0 Å². The van der Waals surface area contributed by atoms with Gasteiger partial charge >= 0.3 is 0 Å². The highest BCUT2D eigenvalue weighted by Gasteiger charge is 2.34. The molecule has 0 saturated carbocycles. The van der Waals surface area contributed by atoms with Crippen molar-refractivity contribution in [2.24, 2.45) is 13.0 Å². The third-order valence-electron chi connectivity index (χ3n) is 7.90. The number of nitrogens with one attached hydrogen (secondary N) is 1. The fourth-order valence-electron chi connectivity index (χ4n) is 5.58. The molecule has 1 aliphatic heterocycles. The lowest BCUT2D eigenvalue weighted by Crippen LogP contribution is -2.39. The fourth-order valence-corrected chi connectivity index (χ4v) is 5.58. The first-order chi connectivity index (χ1) is 18.2. The quantitative estimate of drug-likeness (QED) is 0.367. The van der Waals surface area contributed by atoms with Crippen LogP contribution < -0.4 is 11.1 Å². The number of carbonyl (C=O) groups is 2. The Bertz CT molecular complexity index is 1500. The first-order valence-electron chi connectivity index (χ1n) is 13.0. The van der Waals surface area contributed by atoms with Gasteiger partial charge in [0, 0.05) is 42.4 Å².